The van der Waals surface area contributed by atoms with E-state index < -0.39 is 0 Å². The van der Waals surface area contributed by atoms with E-state index in [9.17, 15) is 9.90 Å². The summed E-state index contributed by atoms with van der Waals surface area (Å²) in [5, 5.41) is 17.0. The number of pyridine rings is 1. The van der Waals surface area contributed by atoms with Crippen molar-refractivity contribution in [1.82, 2.24) is 10.1 Å². The number of phenolic OH excluding ortho intramolecular Hbond substituents is 1. The van der Waals surface area contributed by atoms with Crippen molar-refractivity contribution in [3.63, 3.8) is 0 Å². The topological polar surface area (TPSA) is 88.2 Å². The van der Waals surface area contributed by atoms with Gasteiger partial charge in [-0.3, -0.25) is 9.78 Å². The Morgan fingerprint density at radius 1 is 1.14 bits per heavy atom. The third-order valence-corrected chi connectivity index (χ3v) is 5.64. The first-order chi connectivity index (χ1) is 13.6. The van der Waals surface area contributed by atoms with E-state index in [1.807, 2.05) is 31.2 Å². The molecule has 28 heavy (non-hydrogen) atoms. The third-order valence-electron chi connectivity index (χ3n) is 5.64. The lowest BCUT2D eigenvalue weighted by Gasteiger charge is -2.34. The highest BCUT2D eigenvalue weighted by Crippen LogP contribution is 2.48. The summed E-state index contributed by atoms with van der Waals surface area (Å²) < 4.78 is 5.52. The monoisotopic (exact) mass is 373 g/mol. The lowest BCUT2D eigenvalue weighted by molar-refractivity contribution is -0.116. The van der Waals surface area contributed by atoms with Crippen LogP contribution in [-0.4, -0.2) is 21.0 Å². The van der Waals surface area contributed by atoms with Gasteiger partial charge in [0.1, 0.15) is 5.75 Å². The third kappa shape index (κ3) is 2.60. The van der Waals surface area contributed by atoms with Gasteiger partial charge in [0, 0.05) is 36.0 Å². The number of aromatic hydroxyl groups is 1. The van der Waals surface area contributed by atoms with Crippen molar-refractivity contribution in [2.24, 2.45) is 0 Å². The molecule has 2 aliphatic rings. The summed E-state index contributed by atoms with van der Waals surface area (Å²) in [6, 6.07) is 11.0. The van der Waals surface area contributed by atoms with Gasteiger partial charge in [-0.2, -0.15) is 0 Å². The molecule has 0 amide bonds. The molecule has 0 bridgehead atoms. The number of hydrogen-bond donors (Lipinski definition) is 2. The normalized spacial score (nSPS) is 21.1. The van der Waals surface area contributed by atoms with Gasteiger partial charge in [0.05, 0.1) is 11.3 Å². The average molecular weight is 373 g/mol. The Bertz CT molecular complexity index is 1080. The zero-order valence-electron chi connectivity index (χ0n) is 15.3. The minimum atomic E-state index is -0.223. The lowest BCUT2D eigenvalue weighted by Crippen LogP contribution is -2.29. The fraction of sp³-hybridized carbons (Fsp3) is 0.227. The SMILES string of the molecule is Cc1noc2c1[C@@H](c1cccnc1)C1=C(C[C@@H](c3ccc(O)cc3)CC1=O)N2. The molecule has 6 nitrogen and oxygen atoms in total. The summed E-state index contributed by atoms with van der Waals surface area (Å²) in [6.07, 6.45) is 4.66. The number of carbonyl (C=O) groups is 1. The van der Waals surface area contributed by atoms with Crippen LogP contribution >= 0.6 is 0 Å². The van der Waals surface area contributed by atoms with Gasteiger partial charge in [-0.25, -0.2) is 0 Å². The van der Waals surface area contributed by atoms with Gasteiger partial charge >= 0.3 is 0 Å². The van der Waals surface area contributed by atoms with Gasteiger partial charge in [-0.1, -0.05) is 23.4 Å². The number of allylic oxidation sites excluding steroid dienone is 2. The summed E-state index contributed by atoms with van der Waals surface area (Å²) in [5.74, 6) is 0.773. The van der Waals surface area contributed by atoms with Gasteiger partial charge in [-0.15, -0.1) is 0 Å². The first-order valence-corrected chi connectivity index (χ1v) is 9.30. The van der Waals surface area contributed by atoms with E-state index in [0.717, 1.165) is 33.7 Å². The molecule has 0 spiro atoms. The summed E-state index contributed by atoms with van der Waals surface area (Å²) in [5.41, 5.74) is 5.34. The second-order valence-electron chi connectivity index (χ2n) is 7.37. The van der Waals surface area contributed by atoms with Crippen molar-refractivity contribution in [2.45, 2.75) is 31.6 Å². The van der Waals surface area contributed by atoms with E-state index >= 15 is 0 Å². The molecule has 1 aromatic carbocycles. The van der Waals surface area contributed by atoms with Crippen molar-refractivity contribution in [1.29, 1.82) is 0 Å². The van der Waals surface area contributed by atoms with E-state index in [2.05, 4.69) is 15.5 Å². The van der Waals surface area contributed by atoms with E-state index in [0.29, 0.717) is 18.7 Å². The smallest absolute Gasteiger partial charge is 0.233 e. The fourth-order valence-corrected chi connectivity index (χ4v) is 4.33. The molecular weight excluding hydrogens is 354 g/mol. The summed E-state index contributed by atoms with van der Waals surface area (Å²) in [6.45, 7) is 1.89. The number of Topliss-reactive ketones (excluding diaryl/α,β-unsaturated/α-hetero) is 1. The van der Waals surface area contributed by atoms with Gasteiger partial charge in [0.25, 0.3) is 0 Å². The van der Waals surface area contributed by atoms with Crippen molar-refractivity contribution in [2.75, 3.05) is 5.32 Å². The van der Waals surface area contributed by atoms with E-state index in [1.165, 1.54) is 0 Å². The Hall–Kier alpha value is -3.41. The molecule has 5 rings (SSSR count). The number of nitrogens with zero attached hydrogens (tertiary/aromatic N) is 2. The lowest BCUT2D eigenvalue weighted by atomic mass is 9.72. The van der Waals surface area contributed by atoms with E-state index in [-0.39, 0.29) is 23.4 Å². The van der Waals surface area contributed by atoms with Crippen LogP contribution in [0, 0.1) is 6.92 Å². The molecule has 6 heteroatoms. The maximum absolute atomic E-state index is 13.3. The first-order valence-electron chi connectivity index (χ1n) is 9.30. The number of ketones is 1. The van der Waals surface area contributed by atoms with Crippen molar-refractivity contribution < 1.29 is 14.4 Å². The van der Waals surface area contributed by atoms with Crippen molar-refractivity contribution in [3.8, 4) is 5.75 Å². The number of nitrogens with one attached hydrogen (secondary N) is 1. The van der Waals surface area contributed by atoms with Crippen LogP contribution in [0.5, 0.6) is 5.75 Å². The second-order valence-corrected chi connectivity index (χ2v) is 7.37. The average Bonchev–Trinajstić information content (AvgIpc) is 3.08. The molecule has 1 aliphatic carbocycles. The minimum absolute atomic E-state index is 0.0551. The zero-order valence-corrected chi connectivity index (χ0v) is 15.3. The van der Waals surface area contributed by atoms with Gasteiger partial charge in [0.2, 0.25) is 5.88 Å². The molecule has 2 N–H and O–H groups in total. The van der Waals surface area contributed by atoms with Crippen LogP contribution in [0.25, 0.3) is 0 Å². The van der Waals surface area contributed by atoms with Gasteiger partial charge in [0.15, 0.2) is 5.78 Å². The van der Waals surface area contributed by atoms with Crippen LogP contribution in [0.2, 0.25) is 0 Å². The van der Waals surface area contributed by atoms with Crippen LogP contribution in [0.1, 0.15) is 47.1 Å². The van der Waals surface area contributed by atoms with Gasteiger partial charge < -0.3 is 14.9 Å². The minimum Gasteiger partial charge on any atom is -0.508 e. The number of anilines is 1. The van der Waals surface area contributed by atoms with Crippen LogP contribution in [0.3, 0.4) is 0 Å². The highest BCUT2D eigenvalue weighted by atomic mass is 16.5. The van der Waals surface area contributed by atoms with Crippen molar-refractivity contribution >= 4 is 11.7 Å². The molecule has 3 aromatic rings. The Morgan fingerprint density at radius 3 is 2.71 bits per heavy atom. The number of phenols is 1. The largest absolute Gasteiger partial charge is 0.508 e. The second kappa shape index (κ2) is 6.34. The van der Waals surface area contributed by atoms with Crippen LogP contribution in [0.15, 0.2) is 64.6 Å². The Balaban J connectivity index is 1.61. The molecule has 0 radical (unpaired) electrons. The molecule has 0 saturated carbocycles. The maximum atomic E-state index is 13.3. The van der Waals surface area contributed by atoms with Crippen molar-refractivity contribution in [3.05, 3.63) is 82.4 Å². The van der Waals surface area contributed by atoms with Crippen LogP contribution < -0.4 is 5.32 Å². The van der Waals surface area contributed by atoms with E-state index in [1.54, 1.807) is 24.5 Å². The molecule has 2 atom stereocenters. The Labute approximate surface area is 161 Å². The fourth-order valence-electron chi connectivity index (χ4n) is 4.33. The Morgan fingerprint density at radius 2 is 1.96 bits per heavy atom. The number of carbonyl (C=O) groups excluding carboxylic acids is 1. The first kappa shape index (κ1) is 16.7. The number of fused-ring (bicyclic) bond motifs is 1. The number of aromatic nitrogens is 2. The number of rotatable bonds is 2. The summed E-state index contributed by atoms with van der Waals surface area (Å²) in [4.78, 5) is 17.5. The molecule has 0 fully saturated rings. The maximum Gasteiger partial charge on any atom is 0.233 e. The molecule has 3 heterocycles. The van der Waals surface area contributed by atoms with Crippen LogP contribution in [-0.2, 0) is 4.79 Å². The predicted octanol–water partition coefficient (Wildman–Crippen LogP) is 4.04. The molecular formula is C22H19N3O3. The molecule has 1 aliphatic heterocycles. The molecule has 0 saturated heterocycles. The quantitative estimate of drug-likeness (QED) is 0.705. The molecule has 2 aromatic heterocycles. The number of hydrogen-bond acceptors (Lipinski definition) is 6. The van der Waals surface area contributed by atoms with Gasteiger partial charge in [-0.05, 0) is 48.6 Å². The predicted molar refractivity (Wildman–Crippen MR) is 103 cm³/mol. The van der Waals surface area contributed by atoms with Crippen LogP contribution in [0.4, 0.5) is 5.88 Å². The highest BCUT2D eigenvalue weighted by Gasteiger charge is 2.41. The zero-order chi connectivity index (χ0) is 19.3. The highest BCUT2D eigenvalue weighted by molar-refractivity contribution is 6.01. The van der Waals surface area contributed by atoms with E-state index in [4.69, 9.17) is 4.52 Å². The molecule has 140 valence electrons. The molecule has 0 unspecified atom stereocenters. The number of benzene rings is 1. The summed E-state index contributed by atoms with van der Waals surface area (Å²) >= 11 is 0. The summed E-state index contributed by atoms with van der Waals surface area (Å²) in [7, 11) is 0. The standard InChI is InChI=1S/C22H19N3O3/c1-12-19-20(14-3-2-8-23-11-14)21-17(24-22(19)28-25-12)9-15(10-18(21)27)13-4-6-16(26)7-5-13/h2-8,11,15,20,24,26H,9-10H2,1H3/t15-,20-/m1/s1. The Kier molecular flexibility index (Phi) is 3.79. The number of aryl methyl sites for hydroxylation is 1.